The summed E-state index contributed by atoms with van der Waals surface area (Å²) >= 11 is 0. The molecule has 0 saturated carbocycles. The fourth-order valence-corrected chi connectivity index (χ4v) is 2.83. The first-order chi connectivity index (χ1) is 8.67. The second kappa shape index (κ2) is 4.14. The zero-order chi connectivity index (χ0) is 12.6. The van der Waals surface area contributed by atoms with E-state index in [2.05, 4.69) is 34.6 Å². The quantitative estimate of drug-likeness (QED) is 0.684. The molecule has 4 nitrogen and oxygen atoms in total. The Kier molecular flexibility index (Phi) is 2.59. The summed E-state index contributed by atoms with van der Waals surface area (Å²) in [7, 11) is 0. The highest BCUT2D eigenvalue weighted by Gasteiger charge is 2.37. The maximum Gasteiger partial charge on any atom is 0.187 e. The van der Waals surface area contributed by atoms with Crippen molar-refractivity contribution in [1.29, 1.82) is 0 Å². The number of aliphatic imine (C=N–C) groups is 1. The van der Waals surface area contributed by atoms with Gasteiger partial charge in [-0.2, -0.15) is 0 Å². The third kappa shape index (κ3) is 1.88. The fourth-order valence-electron chi connectivity index (χ4n) is 2.83. The van der Waals surface area contributed by atoms with Gasteiger partial charge in [-0.3, -0.25) is 5.73 Å². The highest BCUT2D eigenvalue weighted by molar-refractivity contribution is 5.92. The first-order valence-corrected chi connectivity index (χ1v) is 6.32. The SMILES string of the molecule is NC1=NC(N)([C@@H]2CCc3ccccc3C2)NC=C1. The Morgan fingerprint density at radius 3 is 2.83 bits per heavy atom. The van der Waals surface area contributed by atoms with E-state index < -0.39 is 5.79 Å². The summed E-state index contributed by atoms with van der Waals surface area (Å²) in [5.74, 6) is 0.0119. The number of hydrogen-bond acceptors (Lipinski definition) is 4. The topological polar surface area (TPSA) is 76.4 Å². The van der Waals surface area contributed by atoms with E-state index in [4.69, 9.17) is 11.5 Å². The highest BCUT2D eigenvalue weighted by Crippen LogP contribution is 2.31. The molecule has 18 heavy (non-hydrogen) atoms. The number of rotatable bonds is 1. The van der Waals surface area contributed by atoms with Gasteiger partial charge in [0.05, 0.1) is 0 Å². The van der Waals surface area contributed by atoms with E-state index in [9.17, 15) is 0 Å². The molecule has 1 aromatic rings. The Morgan fingerprint density at radius 2 is 2.06 bits per heavy atom. The van der Waals surface area contributed by atoms with Crippen LogP contribution in [0.2, 0.25) is 0 Å². The van der Waals surface area contributed by atoms with Crippen LogP contribution in [0.5, 0.6) is 0 Å². The Hall–Kier alpha value is -1.81. The normalized spacial score (nSPS) is 30.3. The molecular weight excluding hydrogens is 224 g/mol. The van der Waals surface area contributed by atoms with Gasteiger partial charge in [-0.1, -0.05) is 24.3 Å². The lowest BCUT2D eigenvalue weighted by molar-refractivity contribution is 0.223. The largest absolute Gasteiger partial charge is 0.384 e. The molecule has 0 radical (unpaired) electrons. The van der Waals surface area contributed by atoms with Crippen LogP contribution in [-0.4, -0.2) is 11.6 Å². The predicted molar refractivity (Wildman–Crippen MR) is 72.8 cm³/mol. The van der Waals surface area contributed by atoms with Gasteiger partial charge < -0.3 is 11.1 Å². The molecule has 1 aliphatic carbocycles. The van der Waals surface area contributed by atoms with Gasteiger partial charge in [0, 0.05) is 12.1 Å². The van der Waals surface area contributed by atoms with Gasteiger partial charge in [0.25, 0.3) is 0 Å². The average Bonchev–Trinajstić information content (AvgIpc) is 2.38. The van der Waals surface area contributed by atoms with Crippen molar-refractivity contribution < 1.29 is 0 Å². The molecule has 94 valence electrons. The van der Waals surface area contributed by atoms with Crippen molar-refractivity contribution in [1.82, 2.24) is 5.32 Å². The van der Waals surface area contributed by atoms with Crippen molar-refractivity contribution in [2.24, 2.45) is 22.4 Å². The predicted octanol–water partition coefficient (Wildman–Crippen LogP) is 0.878. The third-order valence-electron chi connectivity index (χ3n) is 3.85. The average molecular weight is 242 g/mol. The van der Waals surface area contributed by atoms with E-state index in [1.54, 1.807) is 12.3 Å². The van der Waals surface area contributed by atoms with Crippen LogP contribution >= 0.6 is 0 Å². The molecule has 0 amide bonds. The monoisotopic (exact) mass is 242 g/mol. The lowest BCUT2D eigenvalue weighted by Gasteiger charge is -2.38. The van der Waals surface area contributed by atoms with Crippen LogP contribution in [0.4, 0.5) is 0 Å². The smallest absolute Gasteiger partial charge is 0.187 e. The van der Waals surface area contributed by atoms with E-state index in [1.165, 1.54) is 11.1 Å². The van der Waals surface area contributed by atoms with Gasteiger partial charge in [0.2, 0.25) is 0 Å². The van der Waals surface area contributed by atoms with Gasteiger partial charge in [-0.05, 0) is 36.5 Å². The number of hydrogen-bond donors (Lipinski definition) is 3. The van der Waals surface area contributed by atoms with Crippen molar-refractivity contribution in [3.63, 3.8) is 0 Å². The van der Waals surface area contributed by atoms with Crippen LogP contribution in [0.15, 0.2) is 41.5 Å². The molecule has 5 N–H and O–H groups in total. The van der Waals surface area contributed by atoms with Crippen molar-refractivity contribution >= 4 is 5.84 Å². The number of nitrogens with one attached hydrogen (secondary N) is 1. The lowest BCUT2D eigenvalue weighted by atomic mass is 9.80. The van der Waals surface area contributed by atoms with Crippen LogP contribution < -0.4 is 16.8 Å². The van der Waals surface area contributed by atoms with Crippen LogP contribution in [-0.2, 0) is 12.8 Å². The molecule has 0 aromatic heterocycles. The summed E-state index contributed by atoms with van der Waals surface area (Å²) in [6, 6.07) is 8.54. The van der Waals surface area contributed by atoms with E-state index in [0.717, 1.165) is 19.3 Å². The number of benzene rings is 1. The molecule has 4 heteroatoms. The molecule has 1 unspecified atom stereocenters. The molecule has 0 saturated heterocycles. The number of nitrogens with two attached hydrogens (primary N) is 2. The van der Waals surface area contributed by atoms with Crippen molar-refractivity contribution in [2.45, 2.75) is 25.0 Å². The summed E-state index contributed by atoms with van der Waals surface area (Å²) in [5.41, 5.74) is 14.9. The summed E-state index contributed by atoms with van der Waals surface area (Å²) < 4.78 is 0. The first kappa shape index (κ1) is 11.3. The maximum absolute atomic E-state index is 6.35. The molecule has 2 atom stereocenters. The first-order valence-electron chi connectivity index (χ1n) is 6.32. The van der Waals surface area contributed by atoms with Gasteiger partial charge in [-0.25, -0.2) is 4.99 Å². The Labute approximate surface area is 107 Å². The zero-order valence-electron chi connectivity index (χ0n) is 10.3. The third-order valence-corrected chi connectivity index (χ3v) is 3.85. The molecular formula is C14H18N4. The van der Waals surface area contributed by atoms with E-state index in [0.29, 0.717) is 5.84 Å². The minimum atomic E-state index is -0.758. The molecule has 3 rings (SSSR count). The van der Waals surface area contributed by atoms with Crippen molar-refractivity contribution in [2.75, 3.05) is 0 Å². The second-order valence-corrected chi connectivity index (χ2v) is 5.05. The van der Waals surface area contributed by atoms with E-state index >= 15 is 0 Å². The summed E-state index contributed by atoms with van der Waals surface area (Å²) in [6.07, 6.45) is 6.57. The minimum Gasteiger partial charge on any atom is -0.384 e. The molecule has 0 bridgehead atoms. The lowest BCUT2D eigenvalue weighted by Crippen LogP contribution is -2.59. The molecule has 0 fully saturated rings. The van der Waals surface area contributed by atoms with Gasteiger partial charge >= 0.3 is 0 Å². The van der Waals surface area contributed by atoms with Gasteiger partial charge in [0.1, 0.15) is 5.84 Å². The van der Waals surface area contributed by atoms with Gasteiger partial charge in [-0.15, -0.1) is 0 Å². The molecule has 0 spiro atoms. The zero-order valence-corrected chi connectivity index (χ0v) is 10.3. The van der Waals surface area contributed by atoms with Crippen molar-refractivity contribution in [3.05, 3.63) is 47.7 Å². The van der Waals surface area contributed by atoms with Crippen LogP contribution in [0, 0.1) is 5.92 Å². The summed E-state index contributed by atoms with van der Waals surface area (Å²) in [4.78, 5) is 4.39. The number of amidine groups is 1. The van der Waals surface area contributed by atoms with Crippen LogP contribution in [0.25, 0.3) is 0 Å². The Balaban J connectivity index is 1.86. The Morgan fingerprint density at radius 1 is 1.28 bits per heavy atom. The minimum absolute atomic E-state index is 0.274. The second-order valence-electron chi connectivity index (χ2n) is 5.05. The molecule has 2 aliphatic rings. The number of fused-ring (bicyclic) bond motifs is 1. The number of aryl methyl sites for hydroxylation is 1. The van der Waals surface area contributed by atoms with Crippen LogP contribution in [0.3, 0.4) is 0 Å². The van der Waals surface area contributed by atoms with Gasteiger partial charge in [0.15, 0.2) is 5.79 Å². The summed E-state index contributed by atoms with van der Waals surface area (Å²) in [5, 5.41) is 3.16. The number of nitrogens with zero attached hydrogens (tertiary/aromatic N) is 1. The van der Waals surface area contributed by atoms with E-state index in [1.807, 2.05) is 0 Å². The Bertz CT molecular complexity index is 520. The highest BCUT2D eigenvalue weighted by atomic mass is 15.3. The molecule has 1 aliphatic heterocycles. The molecule has 1 aromatic carbocycles. The standard InChI is InChI=1S/C14H18N4/c15-13-7-8-17-14(16,18-13)12-6-5-10-3-1-2-4-11(10)9-12/h1-4,7-8,12,17H,5-6,9,16H2,(H2,15,18)/t12-,14?/m1/s1. The maximum atomic E-state index is 6.35. The van der Waals surface area contributed by atoms with Crippen LogP contribution in [0.1, 0.15) is 17.5 Å². The summed E-state index contributed by atoms with van der Waals surface area (Å²) in [6.45, 7) is 0. The molecule has 1 heterocycles. The van der Waals surface area contributed by atoms with E-state index in [-0.39, 0.29) is 5.92 Å². The fraction of sp³-hybridized carbons (Fsp3) is 0.357. The van der Waals surface area contributed by atoms with Crippen molar-refractivity contribution in [3.8, 4) is 0 Å².